The largest absolute Gasteiger partial charge is 0.468 e. The van der Waals surface area contributed by atoms with Crippen molar-refractivity contribution in [3.8, 4) is 6.07 Å². The van der Waals surface area contributed by atoms with Gasteiger partial charge in [0, 0.05) is 0 Å². The number of rotatable bonds is 4. The molecule has 0 aliphatic rings. The molecule has 0 aliphatic carbocycles. The first-order valence-electron chi connectivity index (χ1n) is 7.75. The molecule has 0 spiro atoms. The van der Waals surface area contributed by atoms with E-state index in [0.29, 0.717) is 11.2 Å². The summed E-state index contributed by atoms with van der Waals surface area (Å²) in [6, 6.07) is 9.98. The highest BCUT2D eigenvalue weighted by Crippen LogP contribution is 2.31. The lowest BCUT2D eigenvalue weighted by Gasteiger charge is -2.17. The van der Waals surface area contributed by atoms with E-state index in [1.807, 2.05) is 42.5 Å². The number of carbonyl (C=O) groups excluding carboxylic acids is 1. The van der Waals surface area contributed by atoms with Gasteiger partial charge in [-0.25, -0.2) is 4.98 Å². The number of hydrogen-bond donors (Lipinski definition) is 1. The maximum absolute atomic E-state index is 11.6. The van der Waals surface area contributed by atoms with Crippen LogP contribution < -0.4 is 5.32 Å². The molecule has 0 unspecified atom stereocenters. The molecule has 0 radical (unpaired) electrons. The van der Waals surface area contributed by atoms with Crippen LogP contribution in [0.25, 0.3) is 16.7 Å². The Morgan fingerprint density at radius 1 is 1.42 bits per heavy atom. The van der Waals surface area contributed by atoms with E-state index in [9.17, 15) is 10.1 Å². The number of esters is 1. The molecule has 122 valence electrons. The predicted octanol–water partition coefficient (Wildman–Crippen LogP) is 2.81. The van der Waals surface area contributed by atoms with E-state index in [1.165, 1.54) is 7.11 Å². The molecule has 1 N–H and O–H groups in total. The molecule has 0 aliphatic heterocycles. The van der Waals surface area contributed by atoms with E-state index in [2.05, 4.69) is 16.4 Å². The van der Waals surface area contributed by atoms with E-state index >= 15 is 0 Å². The number of nitrogens with one attached hydrogen (secondary N) is 1. The maximum atomic E-state index is 11.6. The lowest BCUT2D eigenvalue weighted by Crippen LogP contribution is -2.19. The number of para-hydroxylation sites is 2. The highest BCUT2D eigenvalue weighted by atomic mass is 16.5. The third-order valence-corrected chi connectivity index (χ3v) is 4.21. The zero-order valence-corrected chi connectivity index (χ0v) is 13.9. The van der Waals surface area contributed by atoms with Crippen LogP contribution in [0.3, 0.4) is 0 Å². The normalized spacial score (nSPS) is 10.8. The molecular formula is C18H18N4O2. The summed E-state index contributed by atoms with van der Waals surface area (Å²) in [5, 5.41) is 12.8. The van der Waals surface area contributed by atoms with Gasteiger partial charge in [-0.1, -0.05) is 19.1 Å². The van der Waals surface area contributed by atoms with Crippen molar-refractivity contribution < 1.29 is 9.53 Å². The van der Waals surface area contributed by atoms with Crippen molar-refractivity contribution >= 4 is 28.5 Å². The van der Waals surface area contributed by atoms with Crippen LogP contribution in [-0.2, 0) is 16.0 Å². The van der Waals surface area contributed by atoms with Gasteiger partial charge in [-0.3, -0.25) is 9.20 Å². The molecule has 0 saturated heterocycles. The monoisotopic (exact) mass is 322 g/mol. The minimum atomic E-state index is -0.350. The van der Waals surface area contributed by atoms with Crippen molar-refractivity contribution in [2.45, 2.75) is 20.3 Å². The summed E-state index contributed by atoms with van der Waals surface area (Å²) in [4.78, 5) is 16.2. The highest BCUT2D eigenvalue weighted by Gasteiger charge is 2.20. The third-order valence-electron chi connectivity index (χ3n) is 4.21. The maximum Gasteiger partial charge on any atom is 0.325 e. The average molecular weight is 322 g/mol. The number of hydrogen-bond acceptors (Lipinski definition) is 5. The number of nitriles is 1. The SMILES string of the molecule is CCc1c(C)c(C#N)c2nc3ccccc3n2c1NCC(=O)OC. The van der Waals surface area contributed by atoms with Crippen molar-refractivity contribution in [2.24, 2.45) is 0 Å². The molecule has 3 aromatic rings. The van der Waals surface area contributed by atoms with Crippen molar-refractivity contribution in [2.75, 3.05) is 19.0 Å². The van der Waals surface area contributed by atoms with Crippen LogP contribution in [0.2, 0.25) is 0 Å². The Hall–Kier alpha value is -3.07. The molecule has 0 bridgehead atoms. The molecule has 0 fully saturated rings. The molecule has 0 amide bonds. The van der Waals surface area contributed by atoms with Gasteiger partial charge in [0.2, 0.25) is 0 Å². The van der Waals surface area contributed by atoms with Crippen LogP contribution in [0.1, 0.15) is 23.6 Å². The summed E-state index contributed by atoms with van der Waals surface area (Å²) in [6.45, 7) is 3.99. The van der Waals surface area contributed by atoms with Gasteiger partial charge in [0.15, 0.2) is 5.65 Å². The fraction of sp³-hybridized carbons (Fsp3) is 0.278. The first-order chi connectivity index (χ1) is 11.6. The predicted molar refractivity (Wildman–Crippen MR) is 92.0 cm³/mol. The summed E-state index contributed by atoms with van der Waals surface area (Å²) in [7, 11) is 1.36. The first kappa shape index (κ1) is 15.8. The quantitative estimate of drug-likeness (QED) is 0.747. The van der Waals surface area contributed by atoms with Gasteiger partial charge in [-0.2, -0.15) is 5.26 Å². The second-order valence-electron chi connectivity index (χ2n) is 5.48. The fourth-order valence-electron chi connectivity index (χ4n) is 3.03. The molecule has 24 heavy (non-hydrogen) atoms. The Morgan fingerprint density at radius 2 is 2.17 bits per heavy atom. The third kappa shape index (κ3) is 2.35. The van der Waals surface area contributed by atoms with Gasteiger partial charge in [0.05, 0.1) is 23.7 Å². The number of nitrogens with zero attached hydrogens (tertiary/aromatic N) is 3. The molecule has 3 rings (SSSR count). The molecule has 0 atom stereocenters. The van der Waals surface area contributed by atoms with Crippen molar-refractivity contribution in [1.29, 1.82) is 5.26 Å². The summed E-state index contributed by atoms with van der Waals surface area (Å²) < 4.78 is 6.64. The fourth-order valence-corrected chi connectivity index (χ4v) is 3.03. The Bertz CT molecular complexity index is 982. The minimum Gasteiger partial charge on any atom is -0.468 e. The van der Waals surface area contributed by atoms with Crippen LogP contribution in [-0.4, -0.2) is 29.0 Å². The molecule has 1 aromatic carbocycles. The Balaban J connectivity index is 2.38. The van der Waals surface area contributed by atoms with Gasteiger partial charge >= 0.3 is 5.97 Å². The first-order valence-corrected chi connectivity index (χ1v) is 7.75. The Labute approximate surface area is 139 Å². The number of benzene rings is 1. The standard InChI is InChI=1S/C18H18N4O2/c1-4-12-11(2)13(9-19)18-21-14-7-5-6-8-15(14)22(18)17(12)20-10-16(23)24-3/h5-8,20H,4,10H2,1-3H3. The zero-order valence-electron chi connectivity index (χ0n) is 13.9. The number of fused-ring (bicyclic) bond motifs is 3. The number of carbonyl (C=O) groups is 1. The number of methoxy groups -OCH3 is 1. The molecule has 2 heterocycles. The molecule has 2 aromatic heterocycles. The molecule has 6 nitrogen and oxygen atoms in total. The van der Waals surface area contributed by atoms with E-state index in [-0.39, 0.29) is 12.5 Å². The van der Waals surface area contributed by atoms with Crippen LogP contribution >= 0.6 is 0 Å². The van der Waals surface area contributed by atoms with Gasteiger partial charge in [-0.05, 0) is 36.6 Å². The second-order valence-corrected chi connectivity index (χ2v) is 5.48. The molecule has 0 saturated carbocycles. The van der Waals surface area contributed by atoms with E-state index < -0.39 is 0 Å². The summed E-state index contributed by atoms with van der Waals surface area (Å²) in [6.07, 6.45) is 0.729. The van der Waals surface area contributed by atoms with Gasteiger partial charge in [-0.15, -0.1) is 0 Å². The highest BCUT2D eigenvalue weighted by molar-refractivity contribution is 5.86. The van der Waals surface area contributed by atoms with E-state index in [4.69, 9.17) is 4.74 Å². The van der Waals surface area contributed by atoms with Gasteiger partial charge in [0.1, 0.15) is 18.4 Å². The van der Waals surface area contributed by atoms with Crippen LogP contribution in [0.5, 0.6) is 0 Å². The number of imidazole rings is 1. The van der Waals surface area contributed by atoms with Crippen molar-refractivity contribution in [3.63, 3.8) is 0 Å². The summed E-state index contributed by atoms with van der Waals surface area (Å²) in [5.41, 5.74) is 4.74. The number of ether oxygens (including phenoxy) is 1. The Kier molecular flexibility index (Phi) is 4.09. The van der Waals surface area contributed by atoms with E-state index in [1.54, 1.807) is 0 Å². The second kappa shape index (κ2) is 6.20. The Morgan fingerprint density at radius 3 is 2.83 bits per heavy atom. The van der Waals surface area contributed by atoms with E-state index in [0.717, 1.165) is 34.4 Å². The molecule has 6 heteroatoms. The minimum absolute atomic E-state index is 0.0520. The summed E-state index contributed by atoms with van der Waals surface area (Å²) >= 11 is 0. The number of aromatic nitrogens is 2. The lowest BCUT2D eigenvalue weighted by atomic mass is 10.0. The summed E-state index contributed by atoms with van der Waals surface area (Å²) in [5.74, 6) is 0.430. The number of pyridine rings is 1. The average Bonchev–Trinajstić information content (AvgIpc) is 2.98. The lowest BCUT2D eigenvalue weighted by molar-refractivity contribution is -0.138. The number of anilines is 1. The smallest absolute Gasteiger partial charge is 0.325 e. The zero-order chi connectivity index (χ0) is 17.3. The molecular weight excluding hydrogens is 304 g/mol. The van der Waals surface area contributed by atoms with Crippen LogP contribution in [0.15, 0.2) is 24.3 Å². The van der Waals surface area contributed by atoms with Gasteiger partial charge < -0.3 is 10.1 Å². The van der Waals surface area contributed by atoms with Crippen molar-refractivity contribution in [1.82, 2.24) is 9.38 Å². The van der Waals surface area contributed by atoms with Crippen LogP contribution in [0, 0.1) is 18.3 Å². The van der Waals surface area contributed by atoms with Gasteiger partial charge in [0.25, 0.3) is 0 Å². The van der Waals surface area contributed by atoms with Crippen LogP contribution in [0.4, 0.5) is 5.82 Å². The topological polar surface area (TPSA) is 79.4 Å². The van der Waals surface area contributed by atoms with Crippen molar-refractivity contribution in [3.05, 3.63) is 41.0 Å².